The Hall–Kier alpha value is -2.12. The number of halogens is 3. The fraction of sp³-hybridized carbons (Fsp3) is 0.318. The first-order valence-corrected chi connectivity index (χ1v) is 10.9. The van der Waals surface area contributed by atoms with Crippen molar-refractivity contribution in [3.8, 4) is 0 Å². The average Bonchev–Trinajstić information content (AvgIpc) is 3.19. The molecule has 31 heavy (non-hydrogen) atoms. The molecule has 0 radical (unpaired) electrons. The second-order valence-electron chi connectivity index (χ2n) is 7.96. The van der Waals surface area contributed by atoms with Crippen molar-refractivity contribution in [2.24, 2.45) is 11.8 Å². The Morgan fingerprint density at radius 1 is 1.13 bits per heavy atom. The molecule has 2 N–H and O–H groups in total. The van der Waals surface area contributed by atoms with Gasteiger partial charge in [0, 0.05) is 11.1 Å². The first kappa shape index (κ1) is 22.1. The number of nitrogens with one attached hydrogen (secondary N) is 1. The van der Waals surface area contributed by atoms with Crippen LogP contribution in [0.3, 0.4) is 0 Å². The van der Waals surface area contributed by atoms with Crippen LogP contribution >= 0.6 is 34.8 Å². The van der Waals surface area contributed by atoms with Gasteiger partial charge in [-0.1, -0.05) is 53.9 Å². The van der Waals surface area contributed by atoms with E-state index >= 15 is 0 Å². The molecule has 2 fully saturated rings. The number of aliphatic carboxylic acids is 1. The van der Waals surface area contributed by atoms with Crippen molar-refractivity contribution in [3.63, 3.8) is 0 Å². The SMILES string of the molecule is CCc1ccc(N2C(=O)C3C(c4cc(Cl)cc(Cl)c4Cl)NC(C)(C(=O)O)C3C2=O)cc1. The summed E-state index contributed by atoms with van der Waals surface area (Å²) in [6, 6.07) is 9.20. The number of aryl methyl sites for hydroxylation is 1. The first-order valence-electron chi connectivity index (χ1n) is 9.72. The third-order valence-electron chi connectivity index (χ3n) is 6.19. The van der Waals surface area contributed by atoms with E-state index in [1.54, 1.807) is 12.1 Å². The number of rotatable bonds is 4. The Labute approximate surface area is 194 Å². The van der Waals surface area contributed by atoms with E-state index in [-0.39, 0.29) is 15.1 Å². The second-order valence-corrected chi connectivity index (χ2v) is 9.18. The maximum absolute atomic E-state index is 13.5. The molecule has 2 aliphatic rings. The average molecular weight is 482 g/mol. The van der Waals surface area contributed by atoms with Crippen LogP contribution in [0, 0.1) is 11.8 Å². The number of hydrogen-bond donors (Lipinski definition) is 2. The molecular weight excluding hydrogens is 463 g/mol. The molecule has 4 unspecified atom stereocenters. The molecule has 2 aromatic rings. The van der Waals surface area contributed by atoms with Crippen molar-refractivity contribution in [2.45, 2.75) is 31.8 Å². The fourth-order valence-corrected chi connectivity index (χ4v) is 5.28. The number of anilines is 1. The number of carbonyl (C=O) groups is 3. The summed E-state index contributed by atoms with van der Waals surface area (Å²) in [5.74, 6) is -4.40. The van der Waals surface area contributed by atoms with Gasteiger partial charge in [-0.3, -0.25) is 19.7 Å². The minimum atomic E-state index is -1.68. The van der Waals surface area contributed by atoms with E-state index in [9.17, 15) is 19.5 Å². The van der Waals surface area contributed by atoms with Crippen LogP contribution < -0.4 is 10.2 Å². The maximum Gasteiger partial charge on any atom is 0.324 e. The van der Waals surface area contributed by atoms with E-state index in [1.807, 2.05) is 19.1 Å². The third kappa shape index (κ3) is 3.33. The number of amides is 2. The van der Waals surface area contributed by atoms with Gasteiger partial charge < -0.3 is 5.11 Å². The predicted octanol–water partition coefficient (Wildman–Crippen LogP) is 4.50. The molecule has 9 heteroatoms. The summed E-state index contributed by atoms with van der Waals surface area (Å²) < 4.78 is 0. The van der Waals surface area contributed by atoms with E-state index in [0.717, 1.165) is 16.9 Å². The Morgan fingerprint density at radius 2 is 1.77 bits per heavy atom. The van der Waals surface area contributed by atoms with E-state index in [2.05, 4.69) is 5.32 Å². The minimum Gasteiger partial charge on any atom is -0.480 e. The van der Waals surface area contributed by atoms with Crippen LogP contribution in [-0.4, -0.2) is 28.4 Å². The zero-order chi connectivity index (χ0) is 22.7. The summed E-state index contributed by atoms with van der Waals surface area (Å²) >= 11 is 18.7. The molecule has 162 valence electrons. The van der Waals surface area contributed by atoms with Crippen LogP contribution in [0.1, 0.15) is 31.0 Å². The van der Waals surface area contributed by atoms with Gasteiger partial charge in [0.1, 0.15) is 5.54 Å². The lowest BCUT2D eigenvalue weighted by molar-refractivity contribution is -0.147. The van der Waals surface area contributed by atoms with Crippen molar-refractivity contribution >= 4 is 58.3 Å². The first-order chi connectivity index (χ1) is 14.6. The number of nitrogens with zero attached hydrogens (tertiary/aromatic N) is 1. The lowest BCUT2D eigenvalue weighted by Crippen LogP contribution is -2.53. The lowest BCUT2D eigenvalue weighted by atomic mass is 9.80. The summed E-state index contributed by atoms with van der Waals surface area (Å²) in [6.07, 6.45) is 0.810. The molecule has 2 amide bonds. The van der Waals surface area contributed by atoms with Gasteiger partial charge in [-0.15, -0.1) is 0 Å². The van der Waals surface area contributed by atoms with Crippen molar-refractivity contribution in [1.29, 1.82) is 0 Å². The summed E-state index contributed by atoms with van der Waals surface area (Å²) in [6.45, 7) is 3.40. The molecule has 0 saturated carbocycles. The van der Waals surface area contributed by atoms with Crippen LogP contribution in [0.25, 0.3) is 0 Å². The quantitative estimate of drug-likeness (QED) is 0.496. The van der Waals surface area contributed by atoms with Crippen molar-refractivity contribution in [2.75, 3.05) is 4.90 Å². The monoisotopic (exact) mass is 480 g/mol. The molecule has 6 nitrogen and oxygen atoms in total. The highest BCUT2D eigenvalue weighted by Crippen LogP contribution is 2.51. The third-order valence-corrected chi connectivity index (χ3v) is 7.23. The van der Waals surface area contributed by atoms with Crippen LogP contribution in [0.5, 0.6) is 0 Å². The highest BCUT2D eigenvalue weighted by molar-refractivity contribution is 6.43. The Kier molecular flexibility index (Phi) is 5.54. The van der Waals surface area contributed by atoms with E-state index in [0.29, 0.717) is 11.3 Å². The normalized spacial score (nSPS) is 27.6. The molecule has 2 aliphatic heterocycles. The topological polar surface area (TPSA) is 86.7 Å². The van der Waals surface area contributed by atoms with Gasteiger partial charge in [0.15, 0.2) is 0 Å². The number of hydrogen-bond acceptors (Lipinski definition) is 4. The smallest absolute Gasteiger partial charge is 0.324 e. The molecule has 0 bridgehead atoms. The van der Waals surface area contributed by atoms with Crippen molar-refractivity contribution in [3.05, 3.63) is 62.6 Å². The van der Waals surface area contributed by atoms with Crippen molar-refractivity contribution < 1.29 is 19.5 Å². The van der Waals surface area contributed by atoms with Gasteiger partial charge in [-0.25, -0.2) is 4.90 Å². The summed E-state index contributed by atoms with van der Waals surface area (Å²) in [5, 5.41) is 13.5. The fourth-order valence-electron chi connectivity index (χ4n) is 4.54. The minimum absolute atomic E-state index is 0.156. The number of fused-ring (bicyclic) bond motifs is 1. The molecule has 0 spiro atoms. The predicted molar refractivity (Wildman–Crippen MR) is 119 cm³/mol. The molecule has 2 aromatic carbocycles. The molecule has 0 aliphatic carbocycles. The standard InChI is InChI=1S/C22H19Cl3N2O4/c1-3-10-4-6-12(7-5-10)27-19(28)15-16(20(27)29)22(2,21(30)31)26-18(15)13-8-11(23)9-14(24)17(13)25/h4-9,15-16,18,26H,3H2,1-2H3,(H,30,31). The van der Waals surface area contributed by atoms with E-state index in [4.69, 9.17) is 34.8 Å². The van der Waals surface area contributed by atoms with Crippen LogP contribution in [0.4, 0.5) is 5.69 Å². The molecule has 0 aromatic heterocycles. The number of benzene rings is 2. The van der Waals surface area contributed by atoms with Gasteiger partial charge in [0.2, 0.25) is 11.8 Å². The van der Waals surface area contributed by atoms with Crippen molar-refractivity contribution in [1.82, 2.24) is 5.32 Å². The lowest BCUT2D eigenvalue weighted by Gasteiger charge is -2.27. The Bertz CT molecular complexity index is 1100. The molecule has 4 atom stereocenters. The molecule has 2 saturated heterocycles. The van der Waals surface area contributed by atoms with Gasteiger partial charge >= 0.3 is 5.97 Å². The zero-order valence-corrected chi connectivity index (χ0v) is 18.9. The summed E-state index contributed by atoms with van der Waals surface area (Å²) in [5.41, 5.74) is 0.156. The van der Waals surface area contributed by atoms with Crippen LogP contribution in [0.2, 0.25) is 15.1 Å². The maximum atomic E-state index is 13.5. The van der Waals surface area contributed by atoms with Gasteiger partial charge in [-0.2, -0.15) is 0 Å². The number of carbonyl (C=O) groups excluding carboxylic acids is 2. The number of imide groups is 1. The van der Waals surface area contributed by atoms with Gasteiger partial charge in [0.25, 0.3) is 0 Å². The molecule has 4 rings (SSSR count). The second kappa shape index (κ2) is 7.78. The van der Waals surface area contributed by atoms with Gasteiger partial charge in [-0.05, 0) is 48.7 Å². The largest absolute Gasteiger partial charge is 0.480 e. The number of carboxylic acids is 1. The van der Waals surface area contributed by atoms with E-state index < -0.39 is 41.2 Å². The zero-order valence-electron chi connectivity index (χ0n) is 16.7. The van der Waals surface area contributed by atoms with Crippen LogP contribution in [0.15, 0.2) is 36.4 Å². The molecular formula is C22H19Cl3N2O4. The van der Waals surface area contributed by atoms with E-state index in [1.165, 1.54) is 19.1 Å². The van der Waals surface area contributed by atoms with Gasteiger partial charge in [0.05, 0.1) is 27.6 Å². The Balaban J connectivity index is 1.84. The number of carboxylic acid groups (broad SMARTS) is 1. The summed E-state index contributed by atoms with van der Waals surface area (Å²) in [4.78, 5) is 40.2. The highest BCUT2D eigenvalue weighted by Gasteiger charge is 2.67. The van der Waals surface area contributed by atoms with Crippen LogP contribution in [-0.2, 0) is 20.8 Å². The summed E-state index contributed by atoms with van der Waals surface area (Å²) in [7, 11) is 0. The molecule has 2 heterocycles. The highest BCUT2D eigenvalue weighted by atomic mass is 35.5. The Morgan fingerprint density at radius 3 is 2.35 bits per heavy atom.